The Hall–Kier alpha value is -2.41. The number of carbonyl (C=O) groups is 2. The van der Waals surface area contributed by atoms with Gasteiger partial charge in [-0.3, -0.25) is 4.79 Å². The highest BCUT2D eigenvalue weighted by Gasteiger charge is 2.16. The Labute approximate surface area is 127 Å². The Bertz CT molecular complexity index is 734. The number of amides is 1. The van der Waals surface area contributed by atoms with Crippen LogP contribution in [0.4, 0.5) is 15.8 Å². The van der Waals surface area contributed by atoms with Crippen molar-refractivity contribution in [2.75, 3.05) is 11.1 Å². The third-order valence-electron chi connectivity index (χ3n) is 2.75. The van der Waals surface area contributed by atoms with Gasteiger partial charge in [-0.05, 0) is 46.3 Å². The third kappa shape index (κ3) is 3.19. The number of carboxylic acid groups (broad SMARTS) is 1. The van der Waals surface area contributed by atoms with E-state index in [1.165, 1.54) is 24.3 Å². The molecule has 0 atom stereocenters. The Morgan fingerprint density at radius 2 is 1.95 bits per heavy atom. The zero-order valence-corrected chi connectivity index (χ0v) is 12.1. The van der Waals surface area contributed by atoms with E-state index in [0.29, 0.717) is 4.47 Å². The molecule has 0 bridgehead atoms. The van der Waals surface area contributed by atoms with Crippen LogP contribution in [-0.4, -0.2) is 17.0 Å². The lowest BCUT2D eigenvalue weighted by Gasteiger charge is -2.11. The van der Waals surface area contributed by atoms with E-state index in [9.17, 15) is 14.0 Å². The number of hydrogen-bond acceptors (Lipinski definition) is 3. The highest BCUT2D eigenvalue weighted by Crippen LogP contribution is 2.27. The van der Waals surface area contributed by atoms with Gasteiger partial charge >= 0.3 is 5.97 Å². The predicted octanol–water partition coefficient (Wildman–Crippen LogP) is 3.12. The molecular weight excluding hydrogens is 343 g/mol. The Kier molecular flexibility index (Phi) is 4.23. The maximum Gasteiger partial charge on any atom is 0.337 e. The van der Waals surface area contributed by atoms with Crippen LogP contribution in [-0.2, 0) is 0 Å². The number of hydrogen-bond donors (Lipinski definition) is 3. The molecule has 2 aromatic carbocycles. The van der Waals surface area contributed by atoms with Gasteiger partial charge in [-0.15, -0.1) is 0 Å². The molecule has 7 heteroatoms. The molecule has 0 radical (unpaired) electrons. The van der Waals surface area contributed by atoms with Crippen molar-refractivity contribution in [3.63, 3.8) is 0 Å². The van der Waals surface area contributed by atoms with E-state index in [1.807, 2.05) is 0 Å². The van der Waals surface area contributed by atoms with Crippen molar-refractivity contribution in [1.29, 1.82) is 0 Å². The van der Waals surface area contributed by atoms with E-state index in [-0.39, 0.29) is 22.5 Å². The fourth-order valence-corrected chi connectivity index (χ4v) is 2.15. The third-order valence-corrected chi connectivity index (χ3v) is 3.41. The summed E-state index contributed by atoms with van der Waals surface area (Å²) >= 11 is 3.17. The van der Waals surface area contributed by atoms with E-state index < -0.39 is 17.7 Å². The van der Waals surface area contributed by atoms with Crippen molar-refractivity contribution in [3.8, 4) is 0 Å². The molecular formula is C14H10BrFN2O3. The highest BCUT2D eigenvalue weighted by atomic mass is 79.9. The summed E-state index contributed by atoms with van der Waals surface area (Å²) in [4.78, 5) is 23.2. The average molecular weight is 353 g/mol. The van der Waals surface area contributed by atoms with Crippen molar-refractivity contribution in [2.24, 2.45) is 0 Å². The van der Waals surface area contributed by atoms with Gasteiger partial charge in [-0.1, -0.05) is 6.07 Å². The summed E-state index contributed by atoms with van der Waals surface area (Å²) in [5.74, 6) is -2.54. The monoisotopic (exact) mass is 352 g/mol. The SMILES string of the molecule is Nc1ccc(C(=O)Nc2c(Br)cccc2C(=O)O)cc1F. The van der Waals surface area contributed by atoms with Crippen LogP contribution in [0, 0.1) is 5.82 Å². The summed E-state index contributed by atoms with van der Waals surface area (Å²) in [5.41, 5.74) is 5.33. The number of para-hydroxylation sites is 1. The van der Waals surface area contributed by atoms with Crippen LogP contribution in [0.1, 0.15) is 20.7 Å². The average Bonchev–Trinajstić information content (AvgIpc) is 2.43. The number of carboxylic acids is 1. The van der Waals surface area contributed by atoms with Crippen molar-refractivity contribution >= 4 is 39.2 Å². The molecule has 5 nitrogen and oxygen atoms in total. The van der Waals surface area contributed by atoms with Gasteiger partial charge in [0.2, 0.25) is 0 Å². The van der Waals surface area contributed by atoms with Crippen LogP contribution in [0.3, 0.4) is 0 Å². The fraction of sp³-hybridized carbons (Fsp3) is 0. The molecule has 0 aromatic heterocycles. The molecule has 0 heterocycles. The molecule has 0 spiro atoms. The summed E-state index contributed by atoms with van der Waals surface area (Å²) in [6.07, 6.45) is 0. The van der Waals surface area contributed by atoms with Gasteiger partial charge in [0.1, 0.15) is 5.82 Å². The molecule has 0 aliphatic rings. The number of nitrogens with two attached hydrogens (primary N) is 1. The van der Waals surface area contributed by atoms with Crippen molar-refractivity contribution in [2.45, 2.75) is 0 Å². The number of halogens is 2. The molecule has 108 valence electrons. The zero-order chi connectivity index (χ0) is 15.6. The lowest BCUT2D eigenvalue weighted by Crippen LogP contribution is -2.15. The van der Waals surface area contributed by atoms with Crippen LogP contribution in [0.25, 0.3) is 0 Å². The molecule has 4 N–H and O–H groups in total. The van der Waals surface area contributed by atoms with Crippen LogP contribution >= 0.6 is 15.9 Å². The molecule has 0 unspecified atom stereocenters. The van der Waals surface area contributed by atoms with Crippen LogP contribution in [0.15, 0.2) is 40.9 Å². The summed E-state index contributed by atoms with van der Waals surface area (Å²) in [6.45, 7) is 0. The van der Waals surface area contributed by atoms with Crippen molar-refractivity contribution in [1.82, 2.24) is 0 Å². The Balaban J connectivity index is 2.36. The zero-order valence-electron chi connectivity index (χ0n) is 10.6. The first-order valence-corrected chi connectivity index (χ1v) is 6.57. The van der Waals surface area contributed by atoms with E-state index in [1.54, 1.807) is 6.07 Å². The first kappa shape index (κ1) is 15.0. The largest absolute Gasteiger partial charge is 0.478 e. The van der Waals surface area contributed by atoms with Gasteiger partial charge in [-0.25, -0.2) is 9.18 Å². The number of rotatable bonds is 3. The van der Waals surface area contributed by atoms with Gasteiger partial charge in [-0.2, -0.15) is 0 Å². The number of carbonyl (C=O) groups excluding carboxylic acids is 1. The normalized spacial score (nSPS) is 10.2. The quantitative estimate of drug-likeness (QED) is 0.740. The lowest BCUT2D eigenvalue weighted by atomic mass is 10.1. The second-order valence-corrected chi connectivity index (χ2v) is 5.01. The minimum atomic E-state index is -1.19. The standard InChI is InChI=1S/C14H10BrFN2O3/c15-9-3-1-2-8(14(20)21)12(9)18-13(19)7-4-5-11(17)10(16)6-7/h1-6H,17H2,(H,18,19)(H,20,21). The summed E-state index contributed by atoms with van der Waals surface area (Å²) in [7, 11) is 0. The van der Waals surface area contributed by atoms with Crippen LogP contribution < -0.4 is 11.1 Å². The molecule has 1 amide bonds. The molecule has 2 rings (SSSR count). The van der Waals surface area contributed by atoms with Gasteiger partial charge < -0.3 is 16.2 Å². The maximum atomic E-state index is 13.4. The minimum absolute atomic E-state index is 0.0359. The summed E-state index contributed by atoms with van der Waals surface area (Å²) in [5, 5.41) is 11.6. The maximum absolute atomic E-state index is 13.4. The molecule has 0 fully saturated rings. The second kappa shape index (κ2) is 5.92. The van der Waals surface area contributed by atoms with Crippen molar-refractivity contribution in [3.05, 3.63) is 57.8 Å². The van der Waals surface area contributed by atoms with Gasteiger partial charge in [0.05, 0.1) is 16.9 Å². The lowest BCUT2D eigenvalue weighted by molar-refractivity contribution is 0.0698. The van der Waals surface area contributed by atoms with Gasteiger partial charge in [0.15, 0.2) is 0 Å². The molecule has 0 aliphatic heterocycles. The molecule has 2 aromatic rings. The van der Waals surface area contributed by atoms with Gasteiger partial charge in [0.25, 0.3) is 5.91 Å². The topological polar surface area (TPSA) is 92.4 Å². The number of aromatic carboxylic acids is 1. The minimum Gasteiger partial charge on any atom is -0.478 e. The number of anilines is 2. The van der Waals surface area contributed by atoms with E-state index in [2.05, 4.69) is 21.2 Å². The smallest absolute Gasteiger partial charge is 0.337 e. The summed E-state index contributed by atoms with van der Waals surface area (Å²) in [6, 6.07) is 8.08. The Morgan fingerprint density at radius 3 is 2.57 bits per heavy atom. The van der Waals surface area contributed by atoms with Crippen LogP contribution in [0.5, 0.6) is 0 Å². The highest BCUT2D eigenvalue weighted by molar-refractivity contribution is 9.10. The van der Waals surface area contributed by atoms with E-state index >= 15 is 0 Å². The Morgan fingerprint density at radius 1 is 1.24 bits per heavy atom. The molecule has 0 saturated heterocycles. The summed E-state index contributed by atoms with van der Waals surface area (Å²) < 4.78 is 13.8. The van der Waals surface area contributed by atoms with E-state index in [0.717, 1.165) is 6.07 Å². The molecule has 0 aliphatic carbocycles. The van der Waals surface area contributed by atoms with Crippen molar-refractivity contribution < 1.29 is 19.1 Å². The first-order valence-electron chi connectivity index (χ1n) is 5.78. The molecule has 0 saturated carbocycles. The van der Waals surface area contributed by atoms with Crippen LogP contribution in [0.2, 0.25) is 0 Å². The molecule has 21 heavy (non-hydrogen) atoms. The van der Waals surface area contributed by atoms with Gasteiger partial charge in [0, 0.05) is 10.0 Å². The number of nitrogen functional groups attached to an aromatic ring is 1. The van der Waals surface area contributed by atoms with E-state index in [4.69, 9.17) is 10.8 Å². The second-order valence-electron chi connectivity index (χ2n) is 4.16. The first-order chi connectivity index (χ1) is 9.90. The predicted molar refractivity (Wildman–Crippen MR) is 79.9 cm³/mol. The fourth-order valence-electron chi connectivity index (χ4n) is 1.68. The number of benzene rings is 2. The number of nitrogens with one attached hydrogen (secondary N) is 1.